The number of allylic oxidation sites excluding steroid dienone is 1. The molecule has 1 aliphatic rings. The highest BCUT2D eigenvalue weighted by Gasteiger charge is 2.32. The summed E-state index contributed by atoms with van der Waals surface area (Å²) >= 11 is 12.0. The third-order valence-electron chi connectivity index (χ3n) is 4.56. The number of primary amides is 1. The zero-order chi connectivity index (χ0) is 20.5. The van der Waals surface area contributed by atoms with Crippen LogP contribution in [0.25, 0.3) is 0 Å². The quantitative estimate of drug-likeness (QED) is 0.642. The smallest absolute Gasteiger partial charge is 0.248 e. The lowest BCUT2D eigenvalue weighted by Crippen LogP contribution is -2.31. The maximum atomic E-state index is 12.1. The lowest BCUT2D eigenvalue weighted by molar-refractivity contribution is -0.115. The van der Waals surface area contributed by atoms with Gasteiger partial charge in [0, 0.05) is 5.70 Å². The molecule has 0 spiro atoms. The minimum atomic E-state index is -0.541. The Morgan fingerprint density at radius 2 is 1.97 bits per heavy atom. The summed E-state index contributed by atoms with van der Waals surface area (Å²) in [5.74, 6) is 0.561. The highest BCUT2D eigenvalue weighted by atomic mass is 35.5. The maximum Gasteiger partial charge on any atom is 0.248 e. The molecule has 0 aliphatic carbocycles. The monoisotopic (exact) mass is 430 g/mol. The molecule has 0 radical (unpaired) electrons. The highest BCUT2D eigenvalue weighted by molar-refractivity contribution is 6.42. The van der Waals surface area contributed by atoms with Crippen LogP contribution in [0, 0.1) is 0 Å². The first kappa shape index (κ1) is 19.2. The Morgan fingerprint density at radius 3 is 2.66 bits per heavy atom. The minimum absolute atomic E-state index is 0.340. The van der Waals surface area contributed by atoms with Gasteiger partial charge in [-0.25, -0.2) is 0 Å². The molecule has 10 heteroatoms. The number of hydrogen-bond acceptors (Lipinski definition) is 6. The van der Waals surface area contributed by atoms with E-state index < -0.39 is 11.9 Å². The van der Waals surface area contributed by atoms with E-state index in [9.17, 15) is 4.79 Å². The van der Waals surface area contributed by atoms with E-state index in [0.29, 0.717) is 39.6 Å². The first-order chi connectivity index (χ1) is 13.9. The van der Waals surface area contributed by atoms with Crippen LogP contribution in [-0.4, -0.2) is 26.1 Å². The van der Waals surface area contributed by atoms with Crippen molar-refractivity contribution in [3.63, 3.8) is 0 Å². The van der Waals surface area contributed by atoms with Gasteiger partial charge in [0.05, 0.1) is 15.6 Å². The van der Waals surface area contributed by atoms with Crippen LogP contribution in [0.2, 0.25) is 10.0 Å². The molecule has 0 saturated carbocycles. The third-order valence-corrected chi connectivity index (χ3v) is 5.30. The molecule has 0 fully saturated rings. The number of carbonyl (C=O) groups excluding carboxylic acids is 1. The van der Waals surface area contributed by atoms with E-state index in [1.165, 1.54) is 4.68 Å². The predicted octanol–water partition coefficient (Wildman–Crippen LogP) is 3.33. The van der Waals surface area contributed by atoms with Crippen LogP contribution in [0.4, 0.5) is 5.95 Å². The van der Waals surface area contributed by atoms with Gasteiger partial charge in [-0.05, 0) is 52.7 Å². The number of aromatic nitrogens is 4. The van der Waals surface area contributed by atoms with Gasteiger partial charge >= 0.3 is 0 Å². The summed E-state index contributed by atoms with van der Waals surface area (Å²) in [7, 11) is 0. The van der Waals surface area contributed by atoms with E-state index in [1.54, 1.807) is 19.1 Å². The molecule has 8 nitrogen and oxygen atoms in total. The predicted molar refractivity (Wildman–Crippen MR) is 109 cm³/mol. The van der Waals surface area contributed by atoms with Gasteiger partial charge in [0.2, 0.25) is 11.9 Å². The van der Waals surface area contributed by atoms with E-state index in [4.69, 9.17) is 33.7 Å². The zero-order valence-corrected chi connectivity index (χ0v) is 16.8. The minimum Gasteiger partial charge on any atom is -0.489 e. The number of carbonyl (C=O) groups is 1. The van der Waals surface area contributed by atoms with Gasteiger partial charge in [-0.3, -0.25) is 4.79 Å². The number of fused-ring (bicyclic) bond motifs is 1. The molecule has 1 amide bonds. The molecule has 2 heterocycles. The molecule has 4 rings (SSSR count). The van der Waals surface area contributed by atoms with Crippen molar-refractivity contribution in [2.75, 3.05) is 5.32 Å². The first-order valence-electron chi connectivity index (χ1n) is 8.66. The van der Waals surface area contributed by atoms with Crippen molar-refractivity contribution < 1.29 is 9.53 Å². The molecule has 29 heavy (non-hydrogen) atoms. The molecule has 0 bridgehead atoms. The second-order valence-corrected chi connectivity index (χ2v) is 7.30. The van der Waals surface area contributed by atoms with Gasteiger partial charge in [0.15, 0.2) is 0 Å². The van der Waals surface area contributed by atoms with E-state index in [1.807, 2.05) is 30.3 Å². The lowest BCUT2D eigenvalue weighted by atomic mass is 9.95. The Balaban J connectivity index is 1.57. The van der Waals surface area contributed by atoms with Crippen molar-refractivity contribution in [1.29, 1.82) is 0 Å². The van der Waals surface area contributed by atoms with Crippen LogP contribution in [0.3, 0.4) is 0 Å². The van der Waals surface area contributed by atoms with E-state index in [-0.39, 0.29) is 0 Å². The van der Waals surface area contributed by atoms with E-state index in [0.717, 1.165) is 11.1 Å². The molecular weight excluding hydrogens is 415 g/mol. The van der Waals surface area contributed by atoms with Crippen molar-refractivity contribution in [2.24, 2.45) is 5.73 Å². The molecular formula is C19H16Cl2N6O2. The third kappa shape index (κ3) is 3.76. The Labute approximate surface area is 176 Å². The number of tetrazole rings is 1. The zero-order valence-electron chi connectivity index (χ0n) is 15.3. The molecule has 1 atom stereocenters. The average molecular weight is 431 g/mol. The summed E-state index contributed by atoms with van der Waals surface area (Å²) in [6, 6.07) is 12.1. The number of anilines is 1. The summed E-state index contributed by atoms with van der Waals surface area (Å²) in [5, 5.41) is 15.6. The Kier molecular flexibility index (Phi) is 5.12. The van der Waals surface area contributed by atoms with Crippen LogP contribution >= 0.6 is 23.2 Å². The van der Waals surface area contributed by atoms with Crippen molar-refractivity contribution >= 4 is 35.1 Å². The van der Waals surface area contributed by atoms with Crippen molar-refractivity contribution in [3.8, 4) is 5.75 Å². The molecule has 148 valence electrons. The fraction of sp³-hybridized carbons (Fsp3) is 0.158. The molecule has 1 aliphatic heterocycles. The molecule has 2 aromatic carbocycles. The maximum absolute atomic E-state index is 12.1. The van der Waals surface area contributed by atoms with Crippen LogP contribution in [0.1, 0.15) is 24.1 Å². The fourth-order valence-corrected chi connectivity index (χ4v) is 3.50. The van der Waals surface area contributed by atoms with Crippen LogP contribution < -0.4 is 15.8 Å². The number of nitrogens with zero attached hydrogens (tertiary/aromatic N) is 4. The number of nitrogens with one attached hydrogen (secondary N) is 1. The number of halogens is 2. The average Bonchev–Trinajstić information content (AvgIpc) is 3.16. The Morgan fingerprint density at radius 1 is 1.21 bits per heavy atom. The van der Waals surface area contributed by atoms with Crippen LogP contribution in [0.15, 0.2) is 53.7 Å². The second-order valence-electron chi connectivity index (χ2n) is 6.48. The fourth-order valence-electron chi connectivity index (χ4n) is 3.18. The summed E-state index contributed by atoms with van der Waals surface area (Å²) in [6.07, 6.45) is 0. The van der Waals surface area contributed by atoms with Gasteiger partial charge in [-0.15, -0.1) is 0 Å². The normalized spacial score (nSPS) is 15.6. The van der Waals surface area contributed by atoms with Gasteiger partial charge < -0.3 is 15.8 Å². The SMILES string of the molecule is CC1=C(C(N)=O)C(c2ccc(OCc3ccc(Cl)c(Cl)c3)cc2)n2nnnc2N1. The Bertz CT molecular complexity index is 1110. The van der Waals surface area contributed by atoms with E-state index >= 15 is 0 Å². The number of amides is 1. The van der Waals surface area contributed by atoms with Gasteiger partial charge in [0.25, 0.3) is 0 Å². The summed E-state index contributed by atoms with van der Waals surface area (Å²) < 4.78 is 7.34. The van der Waals surface area contributed by atoms with Crippen LogP contribution in [-0.2, 0) is 11.4 Å². The van der Waals surface area contributed by atoms with Crippen molar-refractivity contribution in [2.45, 2.75) is 19.6 Å². The molecule has 1 aromatic heterocycles. The van der Waals surface area contributed by atoms with Gasteiger partial charge in [-0.1, -0.05) is 46.5 Å². The number of hydrogen-bond donors (Lipinski definition) is 2. The number of benzene rings is 2. The molecule has 3 N–H and O–H groups in total. The summed E-state index contributed by atoms with van der Waals surface area (Å²) in [6.45, 7) is 2.10. The summed E-state index contributed by atoms with van der Waals surface area (Å²) in [4.78, 5) is 12.1. The topological polar surface area (TPSA) is 108 Å². The molecule has 3 aromatic rings. The largest absolute Gasteiger partial charge is 0.489 e. The number of ether oxygens (including phenoxy) is 1. The van der Waals surface area contributed by atoms with Crippen molar-refractivity contribution in [1.82, 2.24) is 20.2 Å². The standard InChI is InChI=1S/C19H16Cl2N6O2/c1-10-16(18(22)28)17(27-19(23-10)24-25-26-27)12-3-5-13(6-4-12)29-9-11-2-7-14(20)15(21)8-11/h2-8,17H,9H2,1H3,(H2,22,28)(H,23,24,26). The Hall–Kier alpha value is -3.10. The van der Waals surface area contributed by atoms with Gasteiger partial charge in [-0.2, -0.15) is 4.68 Å². The molecule has 0 saturated heterocycles. The number of nitrogens with two attached hydrogens (primary N) is 1. The lowest BCUT2D eigenvalue weighted by Gasteiger charge is -2.26. The van der Waals surface area contributed by atoms with Crippen molar-refractivity contribution in [3.05, 3.63) is 74.9 Å². The first-order valence-corrected chi connectivity index (χ1v) is 9.42. The highest BCUT2D eigenvalue weighted by Crippen LogP contribution is 2.34. The van der Waals surface area contributed by atoms with E-state index in [2.05, 4.69) is 20.8 Å². The van der Waals surface area contributed by atoms with Gasteiger partial charge in [0.1, 0.15) is 18.4 Å². The van der Waals surface area contributed by atoms with Crippen LogP contribution in [0.5, 0.6) is 5.75 Å². The summed E-state index contributed by atoms with van der Waals surface area (Å²) in [5.41, 5.74) is 8.32. The number of rotatable bonds is 5. The molecule has 1 unspecified atom stereocenters. The second kappa shape index (κ2) is 7.73.